The molecule has 2 atom stereocenters. The lowest BCUT2D eigenvalue weighted by atomic mass is 9.79. The van der Waals surface area contributed by atoms with E-state index in [-0.39, 0.29) is 0 Å². The minimum atomic E-state index is 0.333. The van der Waals surface area contributed by atoms with Crippen LogP contribution in [0, 0.1) is 11.8 Å². The van der Waals surface area contributed by atoms with Crippen LogP contribution in [0.5, 0.6) is 0 Å². The summed E-state index contributed by atoms with van der Waals surface area (Å²) in [5, 5.41) is 0. The molecule has 2 nitrogen and oxygen atoms in total. The van der Waals surface area contributed by atoms with E-state index in [1.54, 1.807) is 0 Å². The maximum atomic E-state index is 11.7. The van der Waals surface area contributed by atoms with Crippen LogP contribution in [0.25, 0.3) is 0 Å². The van der Waals surface area contributed by atoms with Gasteiger partial charge in [-0.2, -0.15) is 0 Å². The highest BCUT2D eigenvalue weighted by molar-refractivity contribution is 5.96. The molecule has 0 aliphatic heterocycles. The molecule has 1 saturated carbocycles. The molecule has 1 aliphatic rings. The van der Waals surface area contributed by atoms with E-state index in [2.05, 4.69) is 13.8 Å². The van der Waals surface area contributed by atoms with Crippen LogP contribution >= 0.6 is 0 Å². The lowest BCUT2D eigenvalue weighted by molar-refractivity contribution is -0.118. The molecule has 13 heavy (non-hydrogen) atoms. The van der Waals surface area contributed by atoms with Crippen LogP contribution in [-0.4, -0.2) is 24.8 Å². The lowest BCUT2D eigenvalue weighted by Gasteiger charge is -2.26. The van der Waals surface area contributed by atoms with Crippen molar-refractivity contribution in [2.45, 2.75) is 26.7 Å². The van der Waals surface area contributed by atoms with Crippen LogP contribution in [0.3, 0.4) is 0 Å². The zero-order valence-corrected chi connectivity index (χ0v) is 9.00. The first-order valence-corrected chi connectivity index (χ1v) is 4.92. The number of ketones is 1. The fraction of sp³-hybridized carbons (Fsp3) is 0.727. The maximum Gasteiger partial charge on any atom is 0.160 e. The Bertz CT molecular complexity index is 230. The molecule has 0 bridgehead atoms. The van der Waals surface area contributed by atoms with Gasteiger partial charge >= 0.3 is 0 Å². The smallest absolute Gasteiger partial charge is 0.160 e. The number of hydrogen-bond donors (Lipinski definition) is 0. The molecule has 0 amide bonds. The van der Waals surface area contributed by atoms with Crippen molar-refractivity contribution >= 4 is 5.78 Å². The van der Waals surface area contributed by atoms with Gasteiger partial charge in [-0.05, 0) is 18.3 Å². The van der Waals surface area contributed by atoms with Gasteiger partial charge in [-0.25, -0.2) is 0 Å². The van der Waals surface area contributed by atoms with Gasteiger partial charge in [0.05, 0.1) is 0 Å². The van der Waals surface area contributed by atoms with E-state index in [1.165, 1.54) is 0 Å². The molecular weight excluding hydrogens is 162 g/mol. The van der Waals surface area contributed by atoms with Crippen molar-refractivity contribution in [1.29, 1.82) is 0 Å². The first-order chi connectivity index (χ1) is 6.00. The van der Waals surface area contributed by atoms with Gasteiger partial charge in [0.15, 0.2) is 5.78 Å². The fourth-order valence-corrected chi connectivity index (χ4v) is 2.00. The Kier molecular flexibility index (Phi) is 3.12. The topological polar surface area (TPSA) is 20.3 Å². The Morgan fingerprint density at radius 2 is 2.00 bits per heavy atom. The summed E-state index contributed by atoms with van der Waals surface area (Å²) in [6, 6.07) is 0. The van der Waals surface area contributed by atoms with Gasteiger partial charge in [0.1, 0.15) is 0 Å². The van der Waals surface area contributed by atoms with Gasteiger partial charge in [0.2, 0.25) is 0 Å². The Labute approximate surface area is 80.6 Å². The zero-order chi connectivity index (χ0) is 10.0. The minimum absolute atomic E-state index is 0.333. The number of carbonyl (C=O) groups excluding carboxylic acids is 1. The highest BCUT2D eigenvalue weighted by Crippen LogP contribution is 2.30. The van der Waals surface area contributed by atoms with Gasteiger partial charge < -0.3 is 4.90 Å². The average Bonchev–Trinajstić information content (AvgIpc) is 1.96. The summed E-state index contributed by atoms with van der Waals surface area (Å²) >= 11 is 0. The third-order valence-electron chi connectivity index (χ3n) is 2.54. The second kappa shape index (κ2) is 3.95. The zero-order valence-electron chi connectivity index (χ0n) is 9.00. The number of allylic oxidation sites excluding steroid dienone is 1. The summed E-state index contributed by atoms with van der Waals surface area (Å²) in [7, 11) is 3.93. The van der Waals surface area contributed by atoms with Crippen molar-refractivity contribution < 1.29 is 4.79 Å². The normalized spacial score (nSPS) is 32.3. The molecule has 1 aliphatic carbocycles. The Hall–Kier alpha value is -0.790. The van der Waals surface area contributed by atoms with Crippen molar-refractivity contribution in [2.75, 3.05) is 14.1 Å². The predicted molar refractivity (Wildman–Crippen MR) is 54.3 cm³/mol. The van der Waals surface area contributed by atoms with E-state index in [0.29, 0.717) is 17.6 Å². The number of rotatable bonds is 1. The summed E-state index contributed by atoms with van der Waals surface area (Å²) in [6.07, 6.45) is 3.84. The molecule has 0 N–H and O–H groups in total. The van der Waals surface area contributed by atoms with Crippen LogP contribution in [-0.2, 0) is 4.79 Å². The molecule has 0 saturated heterocycles. The van der Waals surface area contributed by atoms with Gasteiger partial charge in [0.25, 0.3) is 0 Å². The van der Waals surface area contributed by atoms with E-state index in [0.717, 1.165) is 18.4 Å². The quantitative estimate of drug-likeness (QED) is 0.577. The molecule has 0 heterocycles. The van der Waals surface area contributed by atoms with E-state index in [1.807, 2.05) is 25.2 Å². The summed E-state index contributed by atoms with van der Waals surface area (Å²) in [5.74, 6) is 1.32. The molecular formula is C11H19NO. The van der Waals surface area contributed by atoms with E-state index in [9.17, 15) is 4.79 Å². The lowest BCUT2D eigenvalue weighted by Crippen LogP contribution is -2.24. The van der Waals surface area contributed by atoms with Crippen molar-refractivity contribution in [3.05, 3.63) is 11.8 Å². The molecule has 0 aromatic carbocycles. The second-order valence-corrected chi connectivity index (χ2v) is 4.42. The third-order valence-corrected chi connectivity index (χ3v) is 2.54. The van der Waals surface area contributed by atoms with Gasteiger partial charge in [-0.3, -0.25) is 4.79 Å². The molecule has 0 radical (unpaired) electrons. The van der Waals surface area contributed by atoms with Crippen LogP contribution in [0.1, 0.15) is 26.7 Å². The van der Waals surface area contributed by atoms with Gasteiger partial charge in [-0.15, -0.1) is 0 Å². The average molecular weight is 181 g/mol. The molecule has 0 aromatic heterocycles. The third kappa shape index (κ3) is 2.58. The Morgan fingerprint density at radius 3 is 2.46 bits per heavy atom. The Balaban J connectivity index is 2.78. The standard InChI is InChI=1S/C11H19NO/c1-8-5-9(2)10(7-12(3)4)11(13)6-8/h7-9H,5-6H2,1-4H3/b10-7+. The summed E-state index contributed by atoms with van der Waals surface area (Å²) < 4.78 is 0. The van der Waals surface area contributed by atoms with Crippen LogP contribution in [0.15, 0.2) is 11.8 Å². The minimum Gasteiger partial charge on any atom is -0.383 e. The number of carbonyl (C=O) groups is 1. The van der Waals surface area contributed by atoms with E-state index >= 15 is 0 Å². The number of nitrogens with zero attached hydrogens (tertiary/aromatic N) is 1. The van der Waals surface area contributed by atoms with Crippen molar-refractivity contribution in [3.63, 3.8) is 0 Å². The molecule has 1 rings (SSSR count). The number of Topliss-reactive ketones (excluding diaryl/α,β-unsaturated/α-hetero) is 1. The van der Waals surface area contributed by atoms with Gasteiger partial charge in [0, 0.05) is 32.3 Å². The predicted octanol–water partition coefficient (Wildman–Crippen LogP) is 2.07. The second-order valence-electron chi connectivity index (χ2n) is 4.42. The fourth-order valence-electron chi connectivity index (χ4n) is 2.00. The molecule has 0 aromatic rings. The van der Waals surface area contributed by atoms with Crippen LogP contribution < -0.4 is 0 Å². The molecule has 0 spiro atoms. The summed E-state index contributed by atoms with van der Waals surface area (Å²) in [5.41, 5.74) is 1.00. The Morgan fingerprint density at radius 1 is 1.38 bits per heavy atom. The van der Waals surface area contributed by atoms with Crippen molar-refractivity contribution in [2.24, 2.45) is 11.8 Å². The molecule has 2 heteroatoms. The van der Waals surface area contributed by atoms with Crippen LogP contribution in [0.2, 0.25) is 0 Å². The summed E-state index contributed by atoms with van der Waals surface area (Å²) in [6.45, 7) is 4.30. The van der Waals surface area contributed by atoms with Crippen molar-refractivity contribution in [1.82, 2.24) is 4.90 Å². The molecule has 2 unspecified atom stereocenters. The SMILES string of the molecule is CC1CC(=O)/C(=C/N(C)C)C(C)C1. The first-order valence-electron chi connectivity index (χ1n) is 4.92. The number of hydrogen-bond acceptors (Lipinski definition) is 2. The molecule has 74 valence electrons. The van der Waals surface area contributed by atoms with Gasteiger partial charge in [-0.1, -0.05) is 13.8 Å². The monoisotopic (exact) mass is 181 g/mol. The highest BCUT2D eigenvalue weighted by Gasteiger charge is 2.26. The molecule has 1 fully saturated rings. The summed E-state index contributed by atoms with van der Waals surface area (Å²) in [4.78, 5) is 13.6. The maximum absolute atomic E-state index is 11.7. The van der Waals surface area contributed by atoms with Crippen molar-refractivity contribution in [3.8, 4) is 0 Å². The van der Waals surface area contributed by atoms with E-state index < -0.39 is 0 Å². The largest absolute Gasteiger partial charge is 0.383 e. The first kappa shape index (κ1) is 10.3. The highest BCUT2D eigenvalue weighted by atomic mass is 16.1. The van der Waals surface area contributed by atoms with E-state index in [4.69, 9.17) is 0 Å². The van der Waals surface area contributed by atoms with Crippen LogP contribution in [0.4, 0.5) is 0 Å².